The molecule has 88 valence electrons. The van der Waals surface area contributed by atoms with Gasteiger partial charge in [-0.3, -0.25) is 4.79 Å². The predicted octanol–water partition coefficient (Wildman–Crippen LogP) is 1.96. The molecule has 3 nitrogen and oxygen atoms in total. The zero-order valence-electron chi connectivity index (χ0n) is 10.3. The number of rotatable bonds is 2. The second kappa shape index (κ2) is 4.97. The van der Waals surface area contributed by atoms with Crippen molar-refractivity contribution in [1.82, 2.24) is 5.32 Å². The van der Waals surface area contributed by atoms with E-state index in [-0.39, 0.29) is 11.6 Å². The van der Waals surface area contributed by atoms with Gasteiger partial charge in [-0.05, 0) is 52.1 Å². The molecular weight excluding hydrogens is 190 g/mol. The number of carbonyl (C=O) groups is 1. The second-order valence-corrected chi connectivity index (χ2v) is 5.52. The number of hydrogen-bond acceptors (Lipinski definition) is 3. The molecule has 0 saturated carbocycles. The lowest BCUT2D eigenvalue weighted by Crippen LogP contribution is -2.37. The molecule has 1 aliphatic rings. The zero-order valence-corrected chi connectivity index (χ0v) is 10.3. The summed E-state index contributed by atoms with van der Waals surface area (Å²) in [5, 5.41) is 3.33. The van der Waals surface area contributed by atoms with E-state index in [4.69, 9.17) is 4.74 Å². The predicted molar refractivity (Wildman–Crippen MR) is 60.6 cm³/mol. The summed E-state index contributed by atoms with van der Waals surface area (Å²) >= 11 is 0. The van der Waals surface area contributed by atoms with E-state index in [0.717, 1.165) is 19.5 Å². The Kier molecular flexibility index (Phi) is 4.14. The van der Waals surface area contributed by atoms with E-state index in [0.29, 0.717) is 18.3 Å². The highest BCUT2D eigenvalue weighted by molar-refractivity contribution is 5.70. The molecule has 0 amide bonds. The van der Waals surface area contributed by atoms with E-state index in [1.807, 2.05) is 20.8 Å². The molecule has 3 heteroatoms. The molecule has 0 aliphatic carbocycles. The third kappa shape index (κ3) is 4.65. The van der Waals surface area contributed by atoms with Crippen LogP contribution in [-0.4, -0.2) is 24.7 Å². The van der Waals surface area contributed by atoms with Crippen LogP contribution in [0.3, 0.4) is 0 Å². The molecule has 0 radical (unpaired) electrons. The molecule has 1 aliphatic heterocycles. The van der Waals surface area contributed by atoms with E-state index in [9.17, 15) is 4.79 Å². The minimum atomic E-state index is -0.354. The van der Waals surface area contributed by atoms with Crippen LogP contribution in [0.2, 0.25) is 0 Å². The van der Waals surface area contributed by atoms with Crippen LogP contribution in [-0.2, 0) is 9.53 Å². The fourth-order valence-corrected chi connectivity index (χ4v) is 1.97. The van der Waals surface area contributed by atoms with Crippen molar-refractivity contribution in [2.75, 3.05) is 13.1 Å². The molecule has 1 heterocycles. The fourth-order valence-electron chi connectivity index (χ4n) is 1.97. The number of piperidine rings is 1. The Morgan fingerprint density at radius 2 is 2.13 bits per heavy atom. The molecule has 2 atom stereocenters. The van der Waals surface area contributed by atoms with Gasteiger partial charge in [-0.15, -0.1) is 0 Å². The molecule has 0 aromatic heterocycles. The molecule has 1 N–H and O–H groups in total. The van der Waals surface area contributed by atoms with Crippen LogP contribution in [0.5, 0.6) is 0 Å². The van der Waals surface area contributed by atoms with Gasteiger partial charge in [0, 0.05) is 6.42 Å². The first kappa shape index (κ1) is 12.5. The monoisotopic (exact) mass is 213 g/mol. The first-order valence-corrected chi connectivity index (χ1v) is 5.81. The summed E-state index contributed by atoms with van der Waals surface area (Å²) in [5.41, 5.74) is -0.354. The molecule has 1 saturated heterocycles. The van der Waals surface area contributed by atoms with Gasteiger partial charge in [0.15, 0.2) is 0 Å². The first-order chi connectivity index (χ1) is 6.88. The van der Waals surface area contributed by atoms with Crippen molar-refractivity contribution >= 4 is 5.97 Å². The van der Waals surface area contributed by atoms with E-state index < -0.39 is 0 Å². The van der Waals surface area contributed by atoms with Gasteiger partial charge in [0.1, 0.15) is 5.60 Å². The van der Waals surface area contributed by atoms with E-state index in [1.165, 1.54) is 0 Å². The molecule has 2 unspecified atom stereocenters. The van der Waals surface area contributed by atoms with Crippen molar-refractivity contribution in [3.05, 3.63) is 0 Å². The Bertz CT molecular complexity index is 220. The normalized spacial score (nSPS) is 27.5. The first-order valence-electron chi connectivity index (χ1n) is 5.81. The van der Waals surface area contributed by atoms with Crippen LogP contribution in [0.4, 0.5) is 0 Å². The minimum Gasteiger partial charge on any atom is -0.460 e. The molecule has 15 heavy (non-hydrogen) atoms. The van der Waals surface area contributed by atoms with Gasteiger partial charge >= 0.3 is 5.97 Å². The van der Waals surface area contributed by atoms with Crippen molar-refractivity contribution in [2.45, 2.75) is 46.1 Å². The maximum absolute atomic E-state index is 11.6. The number of nitrogens with one attached hydrogen (secondary N) is 1. The molecule has 0 spiro atoms. The molecule has 1 fully saturated rings. The molecule has 0 aromatic rings. The average molecular weight is 213 g/mol. The minimum absolute atomic E-state index is 0.0544. The lowest BCUT2D eigenvalue weighted by Gasteiger charge is -2.29. The van der Waals surface area contributed by atoms with Crippen LogP contribution in [0, 0.1) is 11.8 Å². The van der Waals surface area contributed by atoms with Crippen molar-refractivity contribution in [1.29, 1.82) is 0 Å². The highest BCUT2D eigenvalue weighted by atomic mass is 16.6. The summed E-state index contributed by atoms with van der Waals surface area (Å²) in [5.74, 6) is 1.01. The van der Waals surface area contributed by atoms with Crippen molar-refractivity contribution in [2.24, 2.45) is 11.8 Å². The average Bonchev–Trinajstić information content (AvgIpc) is 2.05. The smallest absolute Gasteiger partial charge is 0.306 e. The maximum atomic E-state index is 11.6. The number of hydrogen-bond donors (Lipinski definition) is 1. The Hall–Kier alpha value is -0.570. The van der Waals surface area contributed by atoms with Gasteiger partial charge in [0.25, 0.3) is 0 Å². The Balaban J connectivity index is 2.36. The lowest BCUT2D eigenvalue weighted by molar-refractivity contribution is -0.156. The van der Waals surface area contributed by atoms with Crippen molar-refractivity contribution in [3.8, 4) is 0 Å². The SMILES string of the molecule is CC1CNCCC1CC(=O)OC(C)(C)C. The van der Waals surface area contributed by atoms with Crippen molar-refractivity contribution in [3.63, 3.8) is 0 Å². The molecule has 0 bridgehead atoms. The standard InChI is InChI=1S/C12H23NO2/c1-9-8-13-6-5-10(9)7-11(14)15-12(2,3)4/h9-10,13H,5-8H2,1-4H3. The third-order valence-corrected chi connectivity index (χ3v) is 2.81. The molecule has 1 rings (SSSR count). The maximum Gasteiger partial charge on any atom is 0.306 e. The molecule has 0 aromatic carbocycles. The quantitative estimate of drug-likeness (QED) is 0.713. The fraction of sp³-hybridized carbons (Fsp3) is 0.917. The van der Waals surface area contributed by atoms with Crippen LogP contribution in [0.15, 0.2) is 0 Å². The zero-order chi connectivity index (χ0) is 11.5. The Morgan fingerprint density at radius 3 is 2.67 bits per heavy atom. The Labute approximate surface area is 92.6 Å². The van der Waals surface area contributed by atoms with Gasteiger partial charge < -0.3 is 10.1 Å². The number of carbonyl (C=O) groups excluding carboxylic acids is 1. The van der Waals surface area contributed by atoms with Crippen LogP contribution in [0.1, 0.15) is 40.5 Å². The highest BCUT2D eigenvalue weighted by Gasteiger charge is 2.26. The van der Waals surface area contributed by atoms with Crippen LogP contribution in [0.25, 0.3) is 0 Å². The summed E-state index contributed by atoms with van der Waals surface area (Å²) in [6.07, 6.45) is 1.65. The van der Waals surface area contributed by atoms with Crippen molar-refractivity contribution < 1.29 is 9.53 Å². The van der Waals surface area contributed by atoms with Crippen LogP contribution < -0.4 is 5.32 Å². The second-order valence-electron chi connectivity index (χ2n) is 5.52. The largest absolute Gasteiger partial charge is 0.460 e. The van der Waals surface area contributed by atoms with E-state index in [1.54, 1.807) is 0 Å². The summed E-state index contributed by atoms with van der Waals surface area (Å²) < 4.78 is 5.33. The van der Waals surface area contributed by atoms with Gasteiger partial charge in [0.2, 0.25) is 0 Å². The summed E-state index contributed by atoms with van der Waals surface area (Å²) in [6, 6.07) is 0. The summed E-state index contributed by atoms with van der Waals surface area (Å²) in [6.45, 7) is 9.98. The summed E-state index contributed by atoms with van der Waals surface area (Å²) in [4.78, 5) is 11.6. The topological polar surface area (TPSA) is 38.3 Å². The van der Waals surface area contributed by atoms with Crippen LogP contribution >= 0.6 is 0 Å². The Morgan fingerprint density at radius 1 is 1.47 bits per heavy atom. The number of ether oxygens (including phenoxy) is 1. The van der Waals surface area contributed by atoms with Gasteiger partial charge in [-0.2, -0.15) is 0 Å². The number of esters is 1. The molecular formula is C12H23NO2. The lowest BCUT2D eigenvalue weighted by atomic mass is 9.85. The van der Waals surface area contributed by atoms with Gasteiger partial charge in [-0.25, -0.2) is 0 Å². The van der Waals surface area contributed by atoms with Gasteiger partial charge in [0.05, 0.1) is 0 Å². The van der Waals surface area contributed by atoms with E-state index >= 15 is 0 Å². The van der Waals surface area contributed by atoms with Gasteiger partial charge in [-0.1, -0.05) is 6.92 Å². The summed E-state index contributed by atoms with van der Waals surface area (Å²) in [7, 11) is 0. The van der Waals surface area contributed by atoms with E-state index in [2.05, 4.69) is 12.2 Å². The highest BCUT2D eigenvalue weighted by Crippen LogP contribution is 2.23. The third-order valence-electron chi connectivity index (χ3n) is 2.81.